The van der Waals surface area contributed by atoms with E-state index in [9.17, 15) is 9.59 Å². The first-order valence-corrected chi connectivity index (χ1v) is 12.7. The van der Waals surface area contributed by atoms with E-state index in [1.54, 1.807) is 18.3 Å². The standard InChI is InChI=1S/C25H34BrClN4O2/c1-14-11-20(15(2)16(3)25(14,5)6)30-21-12-28-31(24(33)23(21)26)13-22(32)29-17(4)18-7-9-19(27)10-8-18/h7-10,12,14-17,20,30H,11,13H2,1-6H3,(H,29,32)/t14-,15+,16+,17?,20+/m0/s1. The molecule has 0 spiro atoms. The van der Waals surface area contributed by atoms with Crippen LogP contribution in [-0.4, -0.2) is 21.7 Å². The molecule has 1 aromatic carbocycles. The number of hydrogen-bond donors (Lipinski definition) is 2. The number of carbonyl (C=O) groups excluding carboxylic acids is 1. The molecule has 1 unspecified atom stereocenters. The molecule has 180 valence electrons. The molecule has 1 fully saturated rings. The zero-order valence-corrected chi connectivity index (χ0v) is 22.5. The first-order valence-electron chi connectivity index (χ1n) is 11.5. The highest BCUT2D eigenvalue weighted by atomic mass is 79.9. The Morgan fingerprint density at radius 3 is 2.55 bits per heavy atom. The number of rotatable bonds is 6. The van der Waals surface area contributed by atoms with Crippen LogP contribution in [0.15, 0.2) is 39.7 Å². The summed E-state index contributed by atoms with van der Waals surface area (Å²) in [6.45, 7) is 13.3. The van der Waals surface area contributed by atoms with E-state index in [1.165, 1.54) is 4.68 Å². The molecule has 1 heterocycles. The van der Waals surface area contributed by atoms with Crippen molar-refractivity contribution in [3.63, 3.8) is 0 Å². The van der Waals surface area contributed by atoms with Gasteiger partial charge in [0.1, 0.15) is 11.0 Å². The zero-order chi connectivity index (χ0) is 24.5. The van der Waals surface area contributed by atoms with Gasteiger partial charge in [-0.1, -0.05) is 58.4 Å². The minimum absolute atomic E-state index is 0.155. The molecule has 6 nitrogen and oxygen atoms in total. The third kappa shape index (κ3) is 5.62. The fraction of sp³-hybridized carbons (Fsp3) is 0.560. The minimum Gasteiger partial charge on any atom is -0.380 e. The van der Waals surface area contributed by atoms with Gasteiger partial charge in [0.25, 0.3) is 5.56 Å². The zero-order valence-electron chi connectivity index (χ0n) is 20.2. The van der Waals surface area contributed by atoms with Gasteiger partial charge in [0, 0.05) is 11.1 Å². The lowest BCUT2D eigenvalue weighted by molar-refractivity contribution is -0.122. The summed E-state index contributed by atoms with van der Waals surface area (Å²) in [5, 5.41) is 11.3. The van der Waals surface area contributed by atoms with Crippen LogP contribution in [0.3, 0.4) is 0 Å². The Labute approximate surface area is 209 Å². The Balaban J connectivity index is 1.68. The molecule has 2 N–H and O–H groups in total. The van der Waals surface area contributed by atoms with Gasteiger partial charge in [-0.25, -0.2) is 4.68 Å². The van der Waals surface area contributed by atoms with Crippen molar-refractivity contribution < 1.29 is 4.79 Å². The summed E-state index contributed by atoms with van der Waals surface area (Å²) in [5.74, 6) is 1.26. The van der Waals surface area contributed by atoms with Crippen molar-refractivity contribution in [1.29, 1.82) is 0 Å². The smallest absolute Gasteiger partial charge is 0.283 e. The Kier molecular flexibility index (Phi) is 7.95. The summed E-state index contributed by atoms with van der Waals surface area (Å²) < 4.78 is 1.58. The SMILES string of the molecule is CC(NC(=O)Cn1ncc(N[C@@H]2C[C@H](C)C(C)(C)[C@H](C)[C@H]2C)c(Br)c1=O)c1ccc(Cl)cc1. The Morgan fingerprint density at radius 2 is 1.91 bits per heavy atom. The molecule has 1 aromatic heterocycles. The maximum absolute atomic E-state index is 12.9. The van der Waals surface area contributed by atoms with Gasteiger partial charge >= 0.3 is 0 Å². The molecule has 0 radical (unpaired) electrons. The Morgan fingerprint density at radius 1 is 1.27 bits per heavy atom. The monoisotopic (exact) mass is 536 g/mol. The topological polar surface area (TPSA) is 76.0 Å². The van der Waals surface area contributed by atoms with Gasteiger partial charge in [0.15, 0.2) is 0 Å². The number of carbonyl (C=O) groups is 1. The number of nitrogens with one attached hydrogen (secondary N) is 2. The number of aromatic nitrogens is 2. The van der Waals surface area contributed by atoms with E-state index in [4.69, 9.17) is 11.6 Å². The first kappa shape index (κ1) is 25.8. The lowest BCUT2D eigenvalue weighted by atomic mass is 9.58. The van der Waals surface area contributed by atoms with Gasteiger partial charge in [0.05, 0.1) is 17.9 Å². The molecule has 0 saturated heterocycles. The first-order chi connectivity index (χ1) is 15.4. The molecular weight excluding hydrogens is 504 g/mol. The van der Waals surface area contributed by atoms with Gasteiger partial charge in [-0.05, 0) is 70.1 Å². The van der Waals surface area contributed by atoms with Crippen molar-refractivity contribution in [1.82, 2.24) is 15.1 Å². The van der Waals surface area contributed by atoms with Gasteiger partial charge in [-0.15, -0.1) is 0 Å². The van der Waals surface area contributed by atoms with Gasteiger partial charge < -0.3 is 10.6 Å². The highest BCUT2D eigenvalue weighted by Gasteiger charge is 2.43. The predicted octanol–water partition coefficient (Wildman–Crippen LogP) is 5.66. The quantitative estimate of drug-likeness (QED) is 0.499. The molecule has 8 heteroatoms. The van der Waals surface area contributed by atoms with Crippen molar-refractivity contribution in [2.24, 2.45) is 23.2 Å². The summed E-state index contributed by atoms with van der Waals surface area (Å²) in [4.78, 5) is 25.4. The summed E-state index contributed by atoms with van der Waals surface area (Å²) in [6, 6.07) is 7.33. The lowest BCUT2D eigenvalue weighted by Crippen LogP contribution is -2.48. The maximum atomic E-state index is 12.9. The molecule has 1 amide bonds. The van der Waals surface area contributed by atoms with Crippen molar-refractivity contribution in [2.75, 3.05) is 5.32 Å². The second-order valence-electron chi connectivity index (χ2n) is 10.0. The molecule has 1 saturated carbocycles. The van der Waals surface area contributed by atoms with Gasteiger partial charge in [-0.2, -0.15) is 5.10 Å². The van der Waals surface area contributed by atoms with E-state index in [0.29, 0.717) is 32.9 Å². The lowest BCUT2D eigenvalue weighted by Gasteiger charge is -2.50. The van der Waals surface area contributed by atoms with E-state index < -0.39 is 0 Å². The van der Waals surface area contributed by atoms with Crippen LogP contribution in [0, 0.1) is 23.2 Å². The summed E-state index contributed by atoms with van der Waals surface area (Å²) >= 11 is 9.36. The van der Waals surface area contributed by atoms with Crippen LogP contribution >= 0.6 is 27.5 Å². The van der Waals surface area contributed by atoms with Crippen LogP contribution in [-0.2, 0) is 11.3 Å². The largest absolute Gasteiger partial charge is 0.380 e. The maximum Gasteiger partial charge on any atom is 0.283 e. The predicted molar refractivity (Wildman–Crippen MR) is 138 cm³/mol. The molecule has 33 heavy (non-hydrogen) atoms. The third-order valence-corrected chi connectivity index (χ3v) is 8.86. The number of hydrogen-bond acceptors (Lipinski definition) is 4. The van der Waals surface area contributed by atoms with Crippen LogP contribution in [0.25, 0.3) is 0 Å². The number of benzene rings is 1. The third-order valence-electron chi connectivity index (χ3n) is 7.84. The number of amides is 1. The van der Waals surface area contributed by atoms with Crippen molar-refractivity contribution >= 4 is 39.1 Å². The van der Waals surface area contributed by atoms with Crippen LogP contribution in [0.1, 0.15) is 59.6 Å². The molecule has 1 aliphatic carbocycles. The fourth-order valence-electron chi connectivity index (χ4n) is 4.70. The van der Waals surface area contributed by atoms with Crippen LogP contribution < -0.4 is 16.2 Å². The number of anilines is 1. The molecular formula is C25H34BrClN4O2. The average Bonchev–Trinajstić information content (AvgIpc) is 2.76. The van der Waals surface area contributed by atoms with Gasteiger partial charge in [0.2, 0.25) is 5.91 Å². The Bertz CT molecular complexity index is 1050. The molecule has 0 aliphatic heterocycles. The van der Waals surface area contributed by atoms with Crippen LogP contribution in [0.2, 0.25) is 5.02 Å². The molecule has 2 aromatic rings. The number of halogens is 2. The van der Waals surface area contributed by atoms with Crippen LogP contribution in [0.5, 0.6) is 0 Å². The van der Waals surface area contributed by atoms with Crippen molar-refractivity contribution in [3.05, 3.63) is 55.9 Å². The fourth-order valence-corrected chi connectivity index (χ4v) is 5.25. The van der Waals surface area contributed by atoms with Crippen molar-refractivity contribution in [3.8, 4) is 0 Å². The normalized spacial score (nSPS) is 25.3. The van der Waals surface area contributed by atoms with E-state index in [-0.39, 0.29) is 35.5 Å². The second-order valence-corrected chi connectivity index (χ2v) is 11.3. The minimum atomic E-state index is -0.334. The Hall–Kier alpha value is -1.86. The van der Waals surface area contributed by atoms with Crippen LogP contribution in [0.4, 0.5) is 5.69 Å². The molecule has 3 rings (SSSR count). The summed E-state index contributed by atoms with van der Waals surface area (Å²) in [5.41, 5.74) is 1.54. The second kappa shape index (κ2) is 10.2. The van der Waals surface area contributed by atoms with E-state index in [1.807, 2.05) is 19.1 Å². The highest BCUT2D eigenvalue weighted by molar-refractivity contribution is 9.10. The molecule has 0 bridgehead atoms. The number of nitrogens with zero attached hydrogens (tertiary/aromatic N) is 2. The van der Waals surface area contributed by atoms with Crippen molar-refractivity contribution in [2.45, 2.75) is 66.6 Å². The van der Waals surface area contributed by atoms with E-state index in [0.717, 1.165) is 12.0 Å². The van der Waals surface area contributed by atoms with Gasteiger partial charge in [-0.3, -0.25) is 9.59 Å². The average molecular weight is 538 g/mol. The highest BCUT2D eigenvalue weighted by Crippen LogP contribution is 2.48. The van der Waals surface area contributed by atoms with E-state index >= 15 is 0 Å². The summed E-state index contributed by atoms with van der Waals surface area (Å²) in [7, 11) is 0. The molecule has 5 atom stereocenters. The summed E-state index contributed by atoms with van der Waals surface area (Å²) in [6.07, 6.45) is 2.65. The molecule has 1 aliphatic rings. The van der Waals surface area contributed by atoms with E-state index in [2.05, 4.69) is 66.3 Å².